The second-order valence-electron chi connectivity index (χ2n) is 5.30. The van der Waals surface area contributed by atoms with Gasteiger partial charge in [0, 0.05) is 46.0 Å². The normalized spacial score (nSPS) is 16.2. The van der Waals surface area contributed by atoms with Gasteiger partial charge in [0.05, 0.1) is 6.54 Å². The Morgan fingerprint density at radius 1 is 1.32 bits per heavy atom. The van der Waals surface area contributed by atoms with E-state index in [1.54, 1.807) is 7.05 Å². The van der Waals surface area contributed by atoms with Crippen molar-refractivity contribution in [2.24, 2.45) is 4.99 Å². The molecule has 1 fully saturated rings. The largest absolute Gasteiger partial charge is 0.354 e. The fourth-order valence-electron chi connectivity index (χ4n) is 2.29. The Kier molecular flexibility index (Phi) is 6.04. The van der Waals surface area contributed by atoms with E-state index >= 15 is 0 Å². The fourth-order valence-corrected chi connectivity index (χ4v) is 2.29. The zero-order valence-corrected chi connectivity index (χ0v) is 13.3. The maximum absolute atomic E-state index is 5.22. The molecule has 0 unspecified atom stereocenters. The Bertz CT molecular complexity index is 523. The van der Waals surface area contributed by atoms with Gasteiger partial charge in [0.25, 0.3) is 0 Å². The summed E-state index contributed by atoms with van der Waals surface area (Å²) in [5.74, 6) is 4.27. The van der Waals surface area contributed by atoms with E-state index in [4.69, 9.17) is 6.42 Å². The van der Waals surface area contributed by atoms with Crippen molar-refractivity contribution < 1.29 is 0 Å². The molecule has 2 N–H and O–H groups in total. The number of terminal acetylenes is 1. The Hall–Kier alpha value is -2.26. The smallest absolute Gasteiger partial charge is 0.192 e. The second kappa shape index (κ2) is 8.25. The van der Waals surface area contributed by atoms with Gasteiger partial charge in [0.1, 0.15) is 5.82 Å². The molecule has 6 nitrogen and oxygen atoms in total. The average Bonchev–Trinajstić information content (AvgIpc) is 2.56. The van der Waals surface area contributed by atoms with E-state index in [2.05, 4.69) is 55.5 Å². The van der Waals surface area contributed by atoms with Crippen LogP contribution in [0.15, 0.2) is 23.3 Å². The quantitative estimate of drug-likeness (QED) is 0.470. The first-order valence-electron chi connectivity index (χ1n) is 7.49. The van der Waals surface area contributed by atoms with Crippen LogP contribution in [0.5, 0.6) is 0 Å². The highest BCUT2D eigenvalue weighted by Crippen LogP contribution is 2.13. The second-order valence-corrected chi connectivity index (χ2v) is 5.30. The number of guanidine groups is 1. The molecule has 0 aliphatic carbocycles. The van der Waals surface area contributed by atoms with Gasteiger partial charge < -0.3 is 20.4 Å². The lowest BCUT2D eigenvalue weighted by Gasteiger charge is -2.33. The lowest BCUT2D eigenvalue weighted by Crippen LogP contribution is -2.44. The molecule has 0 atom stereocenters. The van der Waals surface area contributed by atoms with Crippen LogP contribution in [-0.4, -0.2) is 62.7 Å². The number of hydrogen-bond donors (Lipinski definition) is 2. The van der Waals surface area contributed by atoms with Gasteiger partial charge in [-0.1, -0.05) is 12.0 Å². The van der Waals surface area contributed by atoms with Gasteiger partial charge in [-0.05, 0) is 18.7 Å². The molecule has 0 radical (unpaired) electrons. The van der Waals surface area contributed by atoms with E-state index < -0.39 is 0 Å². The number of pyridine rings is 1. The highest BCUT2D eigenvalue weighted by molar-refractivity contribution is 5.79. The van der Waals surface area contributed by atoms with Crippen LogP contribution >= 0.6 is 0 Å². The molecule has 22 heavy (non-hydrogen) atoms. The van der Waals surface area contributed by atoms with Crippen molar-refractivity contribution in [1.29, 1.82) is 0 Å². The van der Waals surface area contributed by atoms with Crippen LogP contribution in [-0.2, 0) is 6.54 Å². The molecule has 1 aliphatic heterocycles. The third kappa shape index (κ3) is 4.64. The topological polar surface area (TPSA) is 55.8 Å². The minimum absolute atomic E-state index is 0.459. The first-order chi connectivity index (χ1) is 10.7. The number of rotatable bonds is 4. The van der Waals surface area contributed by atoms with Crippen LogP contribution in [0, 0.1) is 12.3 Å². The maximum atomic E-state index is 5.22. The van der Waals surface area contributed by atoms with Gasteiger partial charge in [0.15, 0.2) is 5.96 Å². The number of anilines is 1. The van der Waals surface area contributed by atoms with Crippen molar-refractivity contribution in [2.75, 3.05) is 51.7 Å². The molecule has 0 amide bonds. The van der Waals surface area contributed by atoms with Crippen molar-refractivity contribution in [2.45, 2.75) is 6.54 Å². The van der Waals surface area contributed by atoms with E-state index in [1.165, 1.54) is 0 Å². The van der Waals surface area contributed by atoms with Crippen LogP contribution < -0.4 is 15.5 Å². The maximum Gasteiger partial charge on any atom is 0.192 e. The fraction of sp³-hybridized carbons (Fsp3) is 0.500. The molecule has 0 bridgehead atoms. The predicted molar refractivity (Wildman–Crippen MR) is 91.0 cm³/mol. The van der Waals surface area contributed by atoms with E-state index in [1.807, 2.05) is 6.20 Å². The number of nitrogens with one attached hydrogen (secondary N) is 2. The lowest BCUT2D eigenvalue weighted by molar-refractivity contribution is 0.312. The third-order valence-corrected chi connectivity index (χ3v) is 3.68. The minimum Gasteiger partial charge on any atom is -0.354 e. The molecule has 1 aromatic heterocycles. The van der Waals surface area contributed by atoms with Gasteiger partial charge in [0.2, 0.25) is 0 Å². The zero-order valence-electron chi connectivity index (χ0n) is 13.3. The molecule has 6 heteroatoms. The van der Waals surface area contributed by atoms with Crippen LogP contribution in [0.4, 0.5) is 5.82 Å². The molecule has 2 heterocycles. The Morgan fingerprint density at radius 3 is 2.68 bits per heavy atom. The van der Waals surface area contributed by atoms with E-state index in [9.17, 15) is 0 Å². The third-order valence-electron chi connectivity index (χ3n) is 3.68. The van der Waals surface area contributed by atoms with Crippen molar-refractivity contribution in [3.05, 3.63) is 23.9 Å². The van der Waals surface area contributed by atoms with Crippen molar-refractivity contribution in [3.63, 3.8) is 0 Å². The molecular formula is C16H24N6. The molecule has 1 aromatic rings. The summed E-state index contributed by atoms with van der Waals surface area (Å²) in [4.78, 5) is 13.3. The summed E-state index contributed by atoms with van der Waals surface area (Å²) in [6.07, 6.45) is 7.13. The lowest BCUT2D eigenvalue weighted by atomic mass is 10.2. The molecule has 0 aromatic carbocycles. The summed E-state index contributed by atoms with van der Waals surface area (Å²) >= 11 is 0. The van der Waals surface area contributed by atoms with E-state index in [0.29, 0.717) is 19.0 Å². The Labute approximate surface area is 132 Å². The van der Waals surface area contributed by atoms with Gasteiger partial charge >= 0.3 is 0 Å². The first kappa shape index (κ1) is 16.1. The number of aliphatic imine (C=N–C) groups is 1. The molecule has 1 saturated heterocycles. The number of likely N-dealkylation sites (N-methyl/N-ethyl adjacent to an activating group) is 1. The summed E-state index contributed by atoms with van der Waals surface area (Å²) in [5, 5.41) is 6.23. The van der Waals surface area contributed by atoms with Crippen LogP contribution in [0.2, 0.25) is 0 Å². The van der Waals surface area contributed by atoms with Crippen LogP contribution in [0.1, 0.15) is 5.56 Å². The molecule has 2 rings (SSSR count). The summed E-state index contributed by atoms with van der Waals surface area (Å²) in [6.45, 7) is 5.36. The molecule has 0 spiro atoms. The van der Waals surface area contributed by atoms with Gasteiger partial charge in [-0.15, -0.1) is 6.42 Å². The summed E-state index contributed by atoms with van der Waals surface area (Å²) in [5.41, 5.74) is 1.11. The van der Waals surface area contributed by atoms with Crippen LogP contribution in [0.25, 0.3) is 0 Å². The Morgan fingerprint density at radius 2 is 2.09 bits per heavy atom. The molecule has 118 valence electrons. The summed E-state index contributed by atoms with van der Waals surface area (Å²) < 4.78 is 0. The SMILES string of the molecule is C#CCNC(=NC)NCc1ccc(N2CCN(C)CC2)nc1. The first-order valence-corrected chi connectivity index (χ1v) is 7.49. The van der Waals surface area contributed by atoms with Crippen LogP contribution in [0.3, 0.4) is 0 Å². The standard InChI is InChI=1S/C16H24N6/c1-4-7-18-16(17-2)20-13-14-5-6-15(19-12-14)22-10-8-21(3)9-11-22/h1,5-6,12H,7-11,13H2,2-3H3,(H2,17,18,20). The highest BCUT2D eigenvalue weighted by atomic mass is 15.3. The monoisotopic (exact) mass is 300 g/mol. The Balaban J connectivity index is 1.85. The zero-order chi connectivity index (χ0) is 15.8. The van der Waals surface area contributed by atoms with E-state index in [-0.39, 0.29) is 0 Å². The highest BCUT2D eigenvalue weighted by Gasteiger charge is 2.14. The number of nitrogens with zero attached hydrogens (tertiary/aromatic N) is 4. The summed E-state index contributed by atoms with van der Waals surface area (Å²) in [7, 11) is 3.88. The van der Waals surface area contributed by atoms with Crippen molar-refractivity contribution in [1.82, 2.24) is 20.5 Å². The van der Waals surface area contributed by atoms with Gasteiger partial charge in [-0.3, -0.25) is 4.99 Å². The molecular weight excluding hydrogens is 276 g/mol. The number of aromatic nitrogens is 1. The van der Waals surface area contributed by atoms with E-state index in [0.717, 1.165) is 37.6 Å². The summed E-state index contributed by atoms with van der Waals surface area (Å²) in [6, 6.07) is 4.18. The number of piperazine rings is 1. The molecule has 0 saturated carbocycles. The van der Waals surface area contributed by atoms with Gasteiger partial charge in [-0.2, -0.15) is 0 Å². The van der Waals surface area contributed by atoms with Crippen molar-refractivity contribution >= 4 is 11.8 Å². The van der Waals surface area contributed by atoms with Crippen molar-refractivity contribution in [3.8, 4) is 12.3 Å². The predicted octanol–water partition coefficient (Wildman–Crippen LogP) is 0.132. The average molecular weight is 300 g/mol. The molecule has 1 aliphatic rings. The minimum atomic E-state index is 0.459. The van der Waals surface area contributed by atoms with Gasteiger partial charge in [-0.25, -0.2) is 4.98 Å². The number of hydrogen-bond acceptors (Lipinski definition) is 4.